The number of phenols is 1. The third-order valence-electron chi connectivity index (χ3n) is 3.78. The summed E-state index contributed by atoms with van der Waals surface area (Å²) in [6.07, 6.45) is 0. The zero-order chi connectivity index (χ0) is 19.0. The van der Waals surface area contributed by atoms with Gasteiger partial charge in [-0.25, -0.2) is 0 Å². The number of nitro groups is 2. The van der Waals surface area contributed by atoms with E-state index in [0.29, 0.717) is 0 Å². The molecule has 0 aliphatic carbocycles. The number of amides is 2. The number of fused-ring (bicyclic) bond motifs is 1. The largest absolute Gasteiger partial charge is 0.506 e. The minimum absolute atomic E-state index is 0.0191. The molecule has 11 heteroatoms. The molecule has 0 aromatic heterocycles. The van der Waals surface area contributed by atoms with Gasteiger partial charge in [0.2, 0.25) is 0 Å². The van der Waals surface area contributed by atoms with Gasteiger partial charge in [-0.2, -0.15) is 0 Å². The number of non-ortho nitro benzene ring substituents is 2. The molecule has 0 unspecified atom stereocenters. The molecular weight excluding hydrogens is 348 g/mol. The first-order chi connectivity index (χ1) is 12.3. The molecule has 1 aliphatic rings. The van der Waals surface area contributed by atoms with Crippen molar-refractivity contribution in [1.29, 1.82) is 0 Å². The van der Waals surface area contributed by atoms with Crippen LogP contribution in [-0.2, 0) is 0 Å². The average molecular weight is 358 g/mol. The fourth-order valence-electron chi connectivity index (χ4n) is 2.48. The molecular formula is C15H10N4O7. The van der Waals surface area contributed by atoms with Crippen molar-refractivity contribution in [2.75, 3.05) is 12.0 Å². The van der Waals surface area contributed by atoms with Crippen LogP contribution >= 0.6 is 0 Å². The highest BCUT2D eigenvalue weighted by Gasteiger charge is 2.36. The average Bonchev–Trinajstić information content (AvgIpc) is 2.84. The molecule has 0 atom stereocenters. The lowest BCUT2D eigenvalue weighted by atomic mass is 10.1. The number of benzene rings is 2. The normalized spacial score (nSPS) is 12.8. The summed E-state index contributed by atoms with van der Waals surface area (Å²) in [5.74, 6) is -1.72. The van der Waals surface area contributed by atoms with Gasteiger partial charge >= 0.3 is 0 Å². The summed E-state index contributed by atoms with van der Waals surface area (Å²) in [7, 11) is 0. The molecule has 26 heavy (non-hydrogen) atoms. The van der Waals surface area contributed by atoms with E-state index in [0.717, 1.165) is 35.2 Å². The maximum absolute atomic E-state index is 12.3. The smallest absolute Gasteiger partial charge is 0.271 e. The summed E-state index contributed by atoms with van der Waals surface area (Å²) >= 11 is 0. The van der Waals surface area contributed by atoms with E-state index < -0.39 is 21.7 Å². The van der Waals surface area contributed by atoms with E-state index in [1.54, 1.807) is 0 Å². The number of nitrogens with one attached hydrogen (secondary N) is 1. The molecule has 1 aliphatic heterocycles. The predicted octanol–water partition coefficient (Wildman–Crippen LogP) is 1.87. The van der Waals surface area contributed by atoms with Crippen molar-refractivity contribution in [2.24, 2.45) is 0 Å². The molecule has 0 spiro atoms. The van der Waals surface area contributed by atoms with Crippen molar-refractivity contribution in [3.8, 4) is 5.75 Å². The minimum Gasteiger partial charge on any atom is -0.506 e. The first kappa shape index (κ1) is 16.8. The number of carbonyl (C=O) groups excluding carboxylic acids is 2. The van der Waals surface area contributed by atoms with Gasteiger partial charge in [-0.1, -0.05) is 0 Å². The summed E-state index contributed by atoms with van der Waals surface area (Å²) < 4.78 is 0. The van der Waals surface area contributed by atoms with Crippen molar-refractivity contribution in [3.63, 3.8) is 0 Å². The van der Waals surface area contributed by atoms with Gasteiger partial charge in [0.1, 0.15) is 5.75 Å². The lowest BCUT2D eigenvalue weighted by Gasteiger charge is -2.16. The Morgan fingerprint density at radius 3 is 2.15 bits per heavy atom. The molecule has 0 fully saturated rings. The van der Waals surface area contributed by atoms with Crippen LogP contribution in [0.25, 0.3) is 0 Å². The number of imide groups is 1. The molecule has 0 radical (unpaired) electrons. The van der Waals surface area contributed by atoms with Gasteiger partial charge in [-0.15, -0.1) is 0 Å². The second-order valence-corrected chi connectivity index (χ2v) is 5.32. The number of nitro benzene ring substituents is 2. The van der Waals surface area contributed by atoms with E-state index in [2.05, 4.69) is 5.32 Å². The zero-order valence-electron chi connectivity index (χ0n) is 12.9. The van der Waals surface area contributed by atoms with Crippen LogP contribution < -0.4 is 5.32 Å². The highest BCUT2D eigenvalue weighted by molar-refractivity contribution is 6.21. The summed E-state index contributed by atoms with van der Waals surface area (Å²) in [4.78, 5) is 45.7. The lowest BCUT2D eigenvalue weighted by Crippen LogP contribution is -2.34. The van der Waals surface area contributed by atoms with Gasteiger partial charge in [-0.05, 0) is 12.1 Å². The highest BCUT2D eigenvalue weighted by Crippen LogP contribution is 2.30. The summed E-state index contributed by atoms with van der Waals surface area (Å²) in [5.41, 5.74) is -0.735. The molecule has 11 nitrogen and oxygen atoms in total. The molecule has 0 bridgehead atoms. The Hall–Kier alpha value is -4.02. The van der Waals surface area contributed by atoms with Crippen molar-refractivity contribution in [1.82, 2.24) is 4.90 Å². The molecule has 2 aromatic carbocycles. The quantitative estimate of drug-likeness (QED) is 0.355. The number of carbonyl (C=O) groups is 2. The molecule has 0 saturated heterocycles. The number of anilines is 1. The SMILES string of the molecule is O=C1c2ccc([N+](=O)[O-])cc2C(=O)N1CNc1cc([N+](=O)[O-])ccc1O. The number of hydrogen-bond acceptors (Lipinski definition) is 8. The second-order valence-electron chi connectivity index (χ2n) is 5.32. The van der Waals surface area contributed by atoms with Crippen LogP contribution in [0, 0.1) is 20.2 Å². The van der Waals surface area contributed by atoms with Crippen LogP contribution in [0.15, 0.2) is 36.4 Å². The molecule has 1 heterocycles. The fourth-order valence-corrected chi connectivity index (χ4v) is 2.48. The molecule has 2 N–H and O–H groups in total. The summed E-state index contributed by atoms with van der Waals surface area (Å²) in [6.45, 7) is -0.380. The van der Waals surface area contributed by atoms with Crippen LogP contribution in [0.5, 0.6) is 5.75 Å². The Bertz CT molecular complexity index is 972. The van der Waals surface area contributed by atoms with Crippen molar-refractivity contribution >= 4 is 28.9 Å². The zero-order valence-corrected chi connectivity index (χ0v) is 12.9. The molecule has 2 aromatic rings. The van der Waals surface area contributed by atoms with Crippen LogP contribution in [0.1, 0.15) is 20.7 Å². The third-order valence-corrected chi connectivity index (χ3v) is 3.78. The van der Waals surface area contributed by atoms with Gasteiger partial charge < -0.3 is 10.4 Å². The van der Waals surface area contributed by atoms with E-state index in [-0.39, 0.29) is 40.6 Å². The van der Waals surface area contributed by atoms with Crippen molar-refractivity contribution in [3.05, 3.63) is 67.8 Å². The molecule has 3 rings (SSSR count). The van der Waals surface area contributed by atoms with E-state index in [1.165, 1.54) is 6.07 Å². The molecule has 2 amide bonds. The van der Waals surface area contributed by atoms with Gasteiger partial charge in [0.25, 0.3) is 23.2 Å². The topological polar surface area (TPSA) is 156 Å². The highest BCUT2D eigenvalue weighted by atomic mass is 16.6. The first-order valence-corrected chi connectivity index (χ1v) is 7.15. The van der Waals surface area contributed by atoms with Crippen LogP contribution in [0.4, 0.5) is 17.1 Å². The van der Waals surface area contributed by atoms with Gasteiger partial charge in [0.05, 0.1) is 33.3 Å². The maximum atomic E-state index is 12.3. The van der Waals surface area contributed by atoms with E-state index in [4.69, 9.17) is 0 Å². The standard InChI is InChI=1S/C15H10N4O7/c20-13-4-2-9(19(25)26)6-12(13)16-7-17-14(21)10-3-1-8(18(23)24)5-11(10)15(17)22/h1-6,16,20H,7H2. The summed E-state index contributed by atoms with van der Waals surface area (Å²) in [5, 5.41) is 33.9. The van der Waals surface area contributed by atoms with E-state index >= 15 is 0 Å². The minimum atomic E-state index is -0.744. The number of aromatic hydroxyl groups is 1. The van der Waals surface area contributed by atoms with Gasteiger partial charge in [0.15, 0.2) is 0 Å². The number of nitrogens with zero attached hydrogens (tertiary/aromatic N) is 3. The van der Waals surface area contributed by atoms with Crippen molar-refractivity contribution < 1.29 is 24.5 Å². The van der Waals surface area contributed by atoms with E-state index in [1.807, 2.05) is 0 Å². The summed E-state index contributed by atoms with van der Waals surface area (Å²) in [6, 6.07) is 6.58. The fraction of sp³-hybridized carbons (Fsp3) is 0.0667. The third kappa shape index (κ3) is 2.77. The molecule has 0 saturated carbocycles. The number of phenolic OH excluding ortho intramolecular Hbond substituents is 1. The Labute approximate surface area is 144 Å². The monoisotopic (exact) mass is 358 g/mol. The lowest BCUT2D eigenvalue weighted by molar-refractivity contribution is -0.385. The Balaban J connectivity index is 1.83. The second kappa shape index (κ2) is 6.12. The van der Waals surface area contributed by atoms with Crippen molar-refractivity contribution in [2.45, 2.75) is 0 Å². The maximum Gasteiger partial charge on any atom is 0.271 e. The van der Waals surface area contributed by atoms with Crippen LogP contribution in [0.2, 0.25) is 0 Å². The first-order valence-electron chi connectivity index (χ1n) is 7.15. The Morgan fingerprint density at radius 1 is 0.923 bits per heavy atom. The van der Waals surface area contributed by atoms with Gasteiger partial charge in [0, 0.05) is 24.3 Å². The van der Waals surface area contributed by atoms with Crippen LogP contribution in [-0.4, -0.2) is 38.3 Å². The Morgan fingerprint density at radius 2 is 1.50 bits per heavy atom. The number of rotatable bonds is 5. The van der Waals surface area contributed by atoms with E-state index in [9.17, 15) is 34.9 Å². The van der Waals surface area contributed by atoms with Crippen LogP contribution in [0.3, 0.4) is 0 Å². The van der Waals surface area contributed by atoms with Gasteiger partial charge in [-0.3, -0.25) is 34.7 Å². The Kier molecular flexibility index (Phi) is 3.96. The molecule has 132 valence electrons. The number of hydrogen-bond donors (Lipinski definition) is 2. The predicted molar refractivity (Wildman–Crippen MR) is 86.8 cm³/mol.